The summed E-state index contributed by atoms with van der Waals surface area (Å²) in [5.41, 5.74) is 3.31. The third kappa shape index (κ3) is 3.14. The number of halogens is 1. The van der Waals surface area contributed by atoms with E-state index in [-0.39, 0.29) is 18.4 Å². The first-order valence-corrected chi connectivity index (χ1v) is 7.80. The number of hydrogen-bond donors (Lipinski definition) is 2. The molecule has 118 valence electrons. The molecule has 0 spiro atoms. The predicted octanol–water partition coefficient (Wildman–Crippen LogP) is 3.02. The van der Waals surface area contributed by atoms with Crippen molar-refractivity contribution in [2.75, 3.05) is 0 Å². The molecule has 1 aliphatic rings. The maximum Gasteiger partial charge on any atom is 0.234 e. The number of aliphatic hydroxyl groups excluding tert-OH is 1. The molecule has 2 amide bonds. The van der Waals surface area contributed by atoms with E-state index in [4.69, 9.17) is 16.7 Å². The van der Waals surface area contributed by atoms with Crippen LogP contribution in [0.5, 0.6) is 0 Å². The maximum atomic E-state index is 12.1. The standard InChI is InChI=1S/C18H16ClNO3/c19-17-13(12-6-4-11(10-21)5-7-12)2-1-3-14(17)15-8-9-16(22)20-18(15)23/h1-7,15,21H,8-10H2,(H,20,22,23). The molecule has 1 fully saturated rings. The Morgan fingerprint density at radius 1 is 1.13 bits per heavy atom. The second-order valence-corrected chi connectivity index (χ2v) is 5.95. The molecule has 0 saturated carbocycles. The Labute approximate surface area is 139 Å². The summed E-state index contributed by atoms with van der Waals surface area (Å²) in [7, 11) is 0. The van der Waals surface area contributed by atoms with Crippen molar-refractivity contribution in [1.29, 1.82) is 0 Å². The summed E-state index contributed by atoms with van der Waals surface area (Å²) in [5.74, 6) is -0.939. The summed E-state index contributed by atoms with van der Waals surface area (Å²) in [6.45, 7) is -0.00960. The van der Waals surface area contributed by atoms with Crippen molar-refractivity contribution in [2.24, 2.45) is 0 Å². The molecule has 4 nitrogen and oxygen atoms in total. The van der Waals surface area contributed by atoms with E-state index < -0.39 is 5.92 Å². The van der Waals surface area contributed by atoms with Crippen molar-refractivity contribution in [3.8, 4) is 11.1 Å². The Balaban J connectivity index is 1.97. The van der Waals surface area contributed by atoms with Crippen LogP contribution in [-0.2, 0) is 16.2 Å². The van der Waals surface area contributed by atoms with Gasteiger partial charge in [-0.3, -0.25) is 14.9 Å². The van der Waals surface area contributed by atoms with Crippen LogP contribution in [0.1, 0.15) is 29.9 Å². The molecule has 1 aliphatic heterocycles. The predicted molar refractivity (Wildman–Crippen MR) is 87.9 cm³/mol. The number of rotatable bonds is 3. The first-order chi connectivity index (χ1) is 11.1. The van der Waals surface area contributed by atoms with Crippen LogP contribution in [0.25, 0.3) is 11.1 Å². The van der Waals surface area contributed by atoms with Crippen molar-refractivity contribution in [3.05, 3.63) is 58.6 Å². The largest absolute Gasteiger partial charge is 0.392 e. The van der Waals surface area contributed by atoms with Gasteiger partial charge in [0.05, 0.1) is 17.5 Å². The number of nitrogens with one attached hydrogen (secondary N) is 1. The van der Waals surface area contributed by atoms with Crippen molar-refractivity contribution in [1.82, 2.24) is 5.32 Å². The minimum atomic E-state index is -0.406. The molecule has 0 aliphatic carbocycles. The van der Waals surface area contributed by atoms with Crippen LogP contribution in [0.3, 0.4) is 0 Å². The minimum Gasteiger partial charge on any atom is -0.392 e. The summed E-state index contributed by atoms with van der Waals surface area (Å²) >= 11 is 6.54. The molecule has 1 atom stereocenters. The summed E-state index contributed by atoms with van der Waals surface area (Å²) in [6, 6.07) is 13.0. The summed E-state index contributed by atoms with van der Waals surface area (Å²) in [5, 5.41) is 12.0. The van der Waals surface area contributed by atoms with Crippen LogP contribution in [0.4, 0.5) is 0 Å². The van der Waals surface area contributed by atoms with E-state index in [1.54, 1.807) is 0 Å². The second-order valence-electron chi connectivity index (χ2n) is 5.57. The quantitative estimate of drug-likeness (QED) is 0.851. The number of benzene rings is 2. The van der Waals surface area contributed by atoms with E-state index in [1.165, 1.54) is 0 Å². The highest BCUT2D eigenvalue weighted by Crippen LogP contribution is 2.37. The van der Waals surface area contributed by atoms with E-state index in [9.17, 15) is 9.59 Å². The Morgan fingerprint density at radius 3 is 2.52 bits per heavy atom. The molecule has 5 heteroatoms. The molecule has 3 rings (SSSR count). The first kappa shape index (κ1) is 15.7. The van der Waals surface area contributed by atoms with Crippen LogP contribution >= 0.6 is 11.6 Å². The Kier molecular flexibility index (Phi) is 4.46. The fourth-order valence-corrected chi connectivity index (χ4v) is 3.19. The molecule has 2 aromatic rings. The number of aliphatic hydroxyl groups is 1. The van der Waals surface area contributed by atoms with Crippen LogP contribution in [0, 0.1) is 0 Å². The van der Waals surface area contributed by atoms with Gasteiger partial charge < -0.3 is 5.11 Å². The van der Waals surface area contributed by atoms with E-state index in [2.05, 4.69) is 5.32 Å². The molecule has 1 heterocycles. The van der Waals surface area contributed by atoms with Gasteiger partial charge in [-0.2, -0.15) is 0 Å². The number of hydrogen-bond acceptors (Lipinski definition) is 3. The SMILES string of the molecule is O=C1CCC(c2cccc(-c3ccc(CO)cc3)c2Cl)C(=O)N1. The molecule has 1 saturated heterocycles. The average molecular weight is 330 g/mol. The lowest BCUT2D eigenvalue weighted by molar-refractivity contribution is -0.134. The topological polar surface area (TPSA) is 66.4 Å². The van der Waals surface area contributed by atoms with Crippen LogP contribution in [-0.4, -0.2) is 16.9 Å². The lowest BCUT2D eigenvalue weighted by atomic mass is 9.88. The van der Waals surface area contributed by atoms with Crippen LogP contribution in [0.2, 0.25) is 5.02 Å². The van der Waals surface area contributed by atoms with Gasteiger partial charge in [-0.25, -0.2) is 0 Å². The zero-order valence-electron chi connectivity index (χ0n) is 12.4. The van der Waals surface area contributed by atoms with Gasteiger partial charge >= 0.3 is 0 Å². The lowest BCUT2D eigenvalue weighted by Crippen LogP contribution is -2.39. The highest BCUT2D eigenvalue weighted by atomic mass is 35.5. The molecular weight excluding hydrogens is 314 g/mol. The number of piperidine rings is 1. The van der Waals surface area contributed by atoms with E-state index >= 15 is 0 Å². The number of amides is 2. The minimum absolute atomic E-state index is 0.00960. The van der Waals surface area contributed by atoms with Gasteiger partial charge in [0.25, 0.3) is 0 Å². The summed E-state index contributed by atoms with van der Waals surface area (Å²) in [4.78, 5) is 23.4. The molecule has 0 bridgehead atoms. The van der Waals surface area contributed by atoms with Crippen molar-refractivity contribution in [3.63, 3.8) is 0 Å². The third-order valence-electron chi connectivity index (χ3n) is 4.09. The highest BCUT2D eigenvalue weighted by molar-refractivity contribution is 6.34. The zero-order chi connectivity index (χ0) is 16.4. The fourth-order valence-electron chi connectivity index (χ4n) is 2.82. The van der Waals surface area contributed by atoms with Crippen molar-refractivity contribution in [2.45, 2.75) is 25.4 Å². The number of imide groups is 1. The van der Waals surface area contributed by atoms with Gasteiger partial charge in [0.1, 0.15) is 0 Å². The smallest absolute Gasteiger partial charge is 0.234 e. The molecule has 2 aromatic carbocycles. The average Bonchev–Trinajstić information content (AvgIpc) is 2.56. The Morgan fingerprint density at radius 2 is 1.87 bits per heavy atom. The van der Waals surface area contributed by atoms with Gasteiger partial charge in [-0.05, 0) is 23.1 Å². The highest BCUT2D eigenvalue weighted by Gasteiger charge is 2.30. The monoisotopic (exact) mass is 329 g/mol. The Hall–Kier alpha value is -2.17. The molecular formula is C18H16ClNO3. The summed E-state index contributed by atoms with van der Waals surface area (Å²) < 4.78 is 0. The second kappa shape index (κ2) is 6.52. The molecule has 0 radical (unpaired) electrons. The van der Waals surface area contributed by atoms with Crippen molar-refractivity contribution >= 4 is 23.4 Å². The Bertz CT molecular complexity index is 755. The maximum absolute atomic E-state index is 12.1. The third-order valence-corrected chi connectivity index (χ3v) is 4.51. The normalized spacial score (nSPS) is 17.9. The molecule has 23 heavy (non-hydrogen) atoms. The van der Waals surface area contributed by atoms with Gasteiger partial charge in [-0.1, -0.05) is 54.1 Å². The van der Waals surface area contributed by atoms with Crippen molar-refractivity contribution < 1.29 is 14.7 Å². The molecule has 1 unspecified atom stereocenters. The van der Waals surface area contributed by atoms with E-state index in [0.717, 1.165) is 22.3 Å². The van der Waals surface area contributed by atoms with Gasteiger partial charge in [-0.15, -0.1) is 0 Å². The zero-order valence-corrected chi connectivity index (χ0v) is 13.1. The van der Waals surface area contributed by atoms with Gasteiger partial charge in [0, 0.05) is 12.0 Å². The van der Waals surface area contributed by atoms with Gasteiger partial charge in [0.15, 0.2) is 0 Å². The fraction of sp³-hybridized carbons (Fsp3) is 0.222. The van der Waals surface area contributed by atoms with Crippen LogP contribution in [0.15, 0.2) is 42.5 Å². The van der Waals surface area contributed by atoms with Crippen LogP contribution < -0.4 is 5.32 Å². The molecule has 2 N–H and O–H groups in total. The number of carbonyl (C=O) groups is 2. The number of carbonyl (C=O) groups excluding carboxylic acids is 2. The lowest BCUT2D eigenvalue weighted by Gasteiger charge is -2.23. The van der Waals surface area contributed by atoms with E-state index in [1.807, 2.05) is 42.5 Å². The van der Waals surface area contributed by atoms with E-state index in [0.29, 0.717) is 17.9 Å². The molecule has 0 aromatic heterocycles. The van der Waals surface area contributed by atoms with Gasteiger partial charge in [0.2, 0.25) is 11.8 Å². The summed E-state index contributed by atoms with van der Waals surface area (Å²) in [6.07, 6.45) is 0.791. The first-order valence-electron chi connectivity index (χ1n) is 7.42.